The number of benzene rings is 1. The number of aromatic nitrogens is 6. The number of nitrogens with two attached hydrogens (primary N) is 1. The topological polar surface area (TPSA) is 116 Å². The lowest BCUT2D eigenvalue weighted by atomic mass is 9.98. The van der Waals surface area contributed by atoms with E-state index in [4.69, 9.17) is 12.2 Å². The van der Waals surface area contributed by atoms with Crippen molar-refractivity contribution in [2.24, 2.45) is 0 Å². The Morgan fingerprint density at radius 3 is 2.68 bits per heavy atom. The van der Waals surface area contributed by atoms with E-state index in [1.54, 1.807) is 37.4 Å². The van der Waals surface area contributed by atoms with Gasteiger partial charge in [0, 0.05) is 11.1 Å². The van der Waals surface area contributed by atoms with Gasteiger partial charge in [-0.05, 0) is 44.0 Å². The predicted octanol–water partition coefficient (Wildman–Crippen LogP) is 3.47. The summed E-state index contributed by atoms with van der Waals surface area (Å²) in [6, 6.07) is 10.8. The Morgan fingerprint density at radius 2 is 1.94 bits per heavy atom. The number of halogens is 1. The van der Waals surface area contributed by atoms with Gasteiger partial charge in [-0.15, -0.1) is 11.5 Å². The second-order valence-electron chi connectivity index (χ2n) is 8.16. The number of pyridine rings is 1. The molecule has 172 valence electrons. The lowest BCUT2D eigenvalue weighted by molar-refractivity contribution is 0.0483. The highest BCUT2D eigenvalue weighted by Gasteiger charge is 2.23. The van der Waals surface area contributed by atoms with E-state index in [1.807, 2.05) is 26.0 Å². The first-order valence-corrected chi connectivity index (χ1v) is 10.7. The Hall–Kier alpha value is -4.16. The molecule has 0 radical (unpaired) electrons. The van der Waals surface area contributed by atoms with Crippen molar-refractivity contribution in [1.82, 2.24) is 29.9 Å². The van der Waals surface area contributed by atoms with Crippen molar-refractivity contribution < 1.29 is 9.50 Å². The summed E-state index contributed by atoms with van der Waals surface area (Å²) in [6.45, 7) is 5.73. The molecule has 0 amide bonds. The summed E-state index contributed by atoms with van der Waals surface area (Å²) in [5.41, 5.74) is 8.35. The van der Waals surface area contributed by atoms with Crippen molar-refractivity contribution in [3.63, 3.8) is 0 Å². The van der Waals surface area contributed by atoms with Gasteiger partial charge < -0.3 is 10.8 Å². The Kier molecular flexibility index (Phi) is 6.09. The van der Waals surface area contributed by atoms with Gasteiger partial charge in [-0.1, -0.05) is 36.3 Å². The van der Waals surface area contributed by atoms with Crippen LogP contribution in [0.2, 0.25) is 0 Å². The van der Waals surface area contributed by atoms with Crippen molar-refractivity contribution >= 4 is 5.82 Å². The molecule has 34 heavy (non-hydrogen) atoms. The van der Waals surface area contributed by atoms with Crippen LogP contribution in [0.5, 0.6) is 0 Å². The van der Waals surface area contributed by atoms with E-state index in [2.05, 4.69) is 31.2 Å². The average molecular weight is 458 g/mol. The number of terminal acetylenes is 1. The zero-order valence-electron chi connectivity index (χ0n) is 19.1. The summed E-state index contributed by atoms with van der Waals surface area (Å²) in [6.07, 6.45) is 7.65. The van der Waals surface area contributed by atoms with Gasteiger partial charge in [0.15, 0.2) is 17.5 Å². The van der Waals surface area contributed by atoms with E-state index in [0.29, 0.717) is 28.9 Å². The fourth-order valence-electron chi connectivity index (χ4n) is 3.49. The molecule has 4 aromatic rings. The summed E-state index contributed by atoms with van der Waals surface area (Å²) in [4.78, 5) is 13.0. The first-order chi connectivity index (χ1) is 16.2. The Bertz CT molecular complexity index is 1400. The van der Waals surface area contributed by atoms with Crippen LogP contribution in [0.4, 0.5) is 10.2 Å². The molecular formula is C25H24FN7O. The average Bonchev–Trinajstić information content (AvgIpc) is 3.29. The van der Waals surface area contributed by atoms with Gasteiger partial charge in [0.25, 0.3) is 0 Å². The summed E-state index contributed by atoms with van der Waals surface area (Å²) in [7, 11) is 0. The van der Waals surface area contributed by atoms with Crippen LogP contribution in [0.25, 0.3) is 22.8 Å². The van der Waals surface area contributed by atoms with E-state index in [9.17, 15) is 9.50 Å². The summed E-state index contributed by atoms with van der Waals surface area (Å²) < 4.78 is 16.4. The van der Waals surface area contributed by atoms with Gasteiger partial charge in [0.2, 0.25) is 0 Å². The molecule has 0 aliphatic rings. The van der Waals surface area contributed by atoms with E-state index in [1.165, 1.54) is 4.68 Å². The first-order valence-electron chi connectivity index (χ1n) is 10.7. The highest BCUT2D eigenvalue weighted by atomic mass is 19.1. The van der Waals surface area contributed by atoms with E-state index in [0.717, 1.165) is 5.56 Å². The summed E-state index contributed by atoms with van der Waals surface area (Å²) >= 11 is 0. The number of nitrogen functional groups attached to an aromatic ring is 1. The lowest BCUT2D eigenvalue weighted by Crippen LogP contribution is -2.22. The molecule has 9 heteroatoms. The van der Waals surface area contributed by atoms with Gasteiger partial charge in [-0.25, -0.2) is 19.0 Å². The predicted molar refractivity (Wildman–Crippen MR) is 127 cm³/mol. The van der Waals surface area contributed by atoms with Gasteiger partial charge >= 0.3 is 0 Å². The molecule has 4 rings (SSSR count). The van der Waals surface area contributed by atoms with Crippen LogP contribution >= 0.6 is 0 Å². The van der Waals surface area contributed by atoms with E-state index >= 15 is 0 Å². The highest BCUT2D eigenvalue weighted by Crippen LogP contribution is 2.28. The lowest BCUT2D eigenvalue weighted by Gasteiger charge is -2.21. The molecular weight excluding hydrogens is 433 g/mol. The minimum Gasteiger partial charge on any atom is -0.384 e. The quantitative estimate of drug-likeness (QED) is 0.426. The molecule has 3 heterocycles. The number of hydrogen-bond acceptors (Lipinski definition) is 7. The Labute approximate surface area is 196 Å². The maximum Gasteiger partial charge on any atom is 0.193 e. The van der Waals surface area contributed by atoms with Crippen molar-refractivity contribution in [3.05, 3.63) is 70.9 Å². The van der Waals surface area contributed by atoms with Gasteiger partial charge in [-0.3, -0.25) is 4.98 Å². The number of aliphatic hydroxyl groups is 1. The van der Waals surface area contributed by atoms with Gasteiger partial charge in [0.1, 0.15) is 17.0 Å². The fraction of sp³-hybridized carbons (Fsp3) is 0.240. The van der Waals surface area contributed by atoms with E-state index in [-0.39, 0.29) is 29.6 Å². The fourth-order valence-corrected chi connectivity index (χ4v) is 3.49. The smallest absolute Gasteiger partial charge is 0.193 e. The second kappa shape index (κ2) is 9.00. The molecule has 0 fully saturated rings. The summed E-state index contributed by atoms with van der Waals surface area (Å²) in [5.74, 6) is 1.79. The normalized spacial score (nSPS) is 12.8. The van der Waals surface area contributed by atoms with Gasteiger partial charge in [-0.2, -0.15) is 0 Å². The monoisotopic (exact) mass is 457 g/mol. The zero-order chi connectivity index (χ0) is 24.5. The van der Waals surface area contributed by atoms with Crippen molar-refractivity contribution in [2.45, 2.75) is 39.3 Å². The molecule has 3 aromatic heterocycles. The molecule has 0 saturated carbocycles. The first kappa shape index (κ1) is 23.0. The van der Waals surface area contributed by atoms with Crippen LogP contribution in [-0.4, -0.2) is 35.1 Å². The van der Waals surface area contributed by atoms with Crippen LogP contribution in [0.15, 0.2) is 42.6 Å². The number of hydrogen-bond donors (Lipinski definition) is 2. The number of anilines is 1. The van der Waals surface area contributed by atoms with Crippen LogP contribution in [0, 0.1) is 25.1 Å². The maximum atomic E-state index is 14.9. The highest BCUT2D eigenvalue weighted by molar-refractivity contribution is 5.69. The SMILES string of the molecule is C#Cc1cccc(-c2nc(N)c(F)c(-c3cn(Cc4cccc(C(C)(O)CC)n4)nn3)n2)c1C. The molecule has 0 saturated heterocycles. The third-order valence-corrected chi connectivity index (χ3v) is 5.76. The van der Waals surface area contributed by atoms with Crippen molar-refractivity contribution in [2.75, 3.05) is 5.73 Å². The third kappa shape index (κ3) is 4.36. The Morgan fingerprint density at radius 1 is 1.18 bits per heavy atom. The van der Waals surface area contributed by atoms with Crippen LogP contribution < -0.4 is 5.73 Å². The third-order valence-electron chi connectivity index (χ3n) is 5.76. The zero-order valence-corrected chi connectivity index (χ0v) is 19.1. The van der Waals surface area contributed by atoms with Crippen LogP contribution in [0.3, 0.4) is 0 Å². The number of nitrogens with zero attached hydrogens (tertiary/aromatic N) is 6. The molecule has 8 nitrogen and oxygen atoms in total. The molecule has 1 atom stereocenters. The molecule has 0 spiro atoms. The molecule has 0 aliphatic carbocycles. The maximum absolute atomic E-state index is 14.9. The summed E-state index contributed by atoms with van der Waals surface area (Å²) in [5, 5.41) is 18.7. The standard InChI is InChI=1S/C25H24FN7O/c1-5-16-9-7-11-18(15(16)3)24-29-22(21(26)23(27)30-24)19-14-33(32-31-19)13-17-10-8-12-20(28-17)25(4,34)6-2/h1,7-12,14,34H,6,13H2,2-4H3,(H2,27,29,30). The molecule has 0 aliphatic heterocycles. The van der Waals surface area contributed by atoms with Crippen LogP contribution in [-0.2, 0) is 12.1 Å². The Balaban J connectivity index is 1.68. The largest absolute Gasteiger partial charge is 0.384 e. The van der Waals surface area contributed by atoms with Gasteiger partial charge in [0.05, 0.1) is 24.1 Å². The number of rotatable bonds is 6. The van der Waals surface area contributed by atoms with Crippen LogP contribution in [0.1, 0.15) is 42.8 Å². The second-order valence-corrected chi connectivity index (χ2v) is 8.16. The molecule has 1 unspecified atom stereocenters. The molecule has 1 aromatic carbocycles. The van der Waals surface area contributed by atoms with Crippen molar-refractivity contribution in [3.8, 4) is 35.1 Å². The molecule has 0 bridgehead atoms. The molecule has 3 N–H and O–H groups in total. The minimum atomic E-state index is -1.03. The van der Waals surface area contributed by atoms with Crippen molar-refractivity contribution in [1.29, 1.82) is 0 Å². The minimum absolute atomic E-state index is 0.0603. The van der Waals surface area contributed by atoms with E-state index < -0.39 is 11.4 Å².